The molecule has 1 rings (SSSR count). The van der Waals surface area contributed by atoms with Crippen LogP contribution < -0.4 is 5.32 Å². The van der Waals surface area contributed by atoms with E-state index >= 15 is 0 Å². The van der Waals surface area contributed by atoms with Crippen molar-refractivity contribution in [2.45, 2.75) is 474 Å². The van der Waals surface area contributed by atoms with Crippen molar-refractivity contribution < 1.29 is 49.3 Å². The van der Waals surface area contributed by atoms with Gasteiger partial charge in [0, 0.05) is 12.8 Å². The number of ether oxygens (including phenoxy) is 3. The van der Waals surface area contributed by atoms with Crippen molar-refractivity contribution in [3.05, 3.63) is 36.5 Å². The minimum Gasteiger partial charge on any atom is -0.466 e. The van der Waals surface area contributed by atoms with Crippen LogP contribution in [-0.4, -0.2) is 100 Å². The Bertz CT molecular complexity index is 1690. The van der Waals surface area contributed by atoms with Crippen LogP contribution in [0.3, 0.4) is 0 Å². The van der Waals surface area contributed by atoms with Crippen molar-refractivity contribution in [2.24, 2.45) is 0 Å². The number of aliphatic hydroxyl groups is 5. The largest absolute Gasteiger partial charge is 0.466 e. The molecule has 0 spiro atoms. The highest BCUT2D eigenvalue weighted by Gasteiger charge is 2.44. The molecule has 0 saturated carbocycles. The Morgan fingerprint density at radius 2 is 0.698 bits per heavy atom. The third-order valence-electron chi connectivity index (χ3n) is 20.2. The van der Waals surface area contributed by atoms with Crippen molar-refractivity contribution in [2.75, 3.05) is 19.8 Å². The number of amides is 1. The lowest BCUT2D eigenvalue weighted by Gasteiger charge is -2.40. The molecule has 11 nitrogen and oxygen atoms in total. The third-order valence-corrected chi connectivity index (χ3v) is 20.2. The fourth-order valence-corrected chi connectivity index (χ4v) is 13.6. The molecule has 0 radical (unpaired) electrons. The number of esters is 1. The van der Waals surface area contributed by atoms with E-state index in [0.717, 1.165) is 64.2 Å². The molecule has 1 aliphatic rings. The summed E-state index contributed by atoms with van der Waals surface area (Å²) in [4.78, 5) is 25.2. The first-order valence-electron chi connectivity index (χ1n) is 42.3. The fraction of sp³-hybridized carbons (Fsp3) is 0.906. The summed E-state index contributed by atoms with van der Waals surface area (Å²) in [5, 5.41) is 54.4. The average molecular weight is 1360 g/mol. The van der Waals surface area contributed by atoms with E-state index in [1.165, 1.54) is 340 Å². The van der Waals surface area contributed by atoms with Crippen LogP contribution in [0.15, 0.2) is 36.5 Å². The smallest absolute Gasteiger partial charge is 0.305 e. The van der Waals surface area contributed by atoms with E-state index in [1.54, 1.807) is 6.08 Å². The summed E-state index contributed by atoms with van der Waals surface area (Å²) >= 11 is 0. The Hall–Kier alpha value is -2.12. The molecular weight excluding hydrogens is 1190 g/mol. The molecule has 6 N–H and O–H groups in total. The van der Waals surface area contributed by atoms with Gasteiger partial charge in [0.2, 0.25) is 5.91 Å². The van der Waals surface area contributed by atoms with Crippen LogP contribution in [-0.2, 0) is 23.8 Å². The second-order valence-electron chi connectivity index (χ2n) is 29.5. The van der Waals surface area contributed by atoms with Crippen LogP contribution in [0, 0.1) is 0 Å². The summed E-state index contributed by atoms with van der Waals surface area (Å²) < 4.78 is 16.8. The lowest BCUT2D eigenvalue weighted by atomic mass is 9.99. The number of allylic oxidation sites excluding steroid dienone is 5. The molecule has 1 heterocycles. The van der Waals surface area contributed by atoms with Gasteiger partial charge in [0.25, 0.3) is 0 Å². The second kappa shape index (κ2) is 74.1. The maximum absolute atomic E-state index is 13.1. The highest BCUT2D eigenvalue weighted by atomic mass is 16.7. The maximum atomic E-state index is 13.1. The van der Waals surface area contributed by atoms with Gasteiger partial charge >= 0.3 is 5.97 Å². The van der Waals surface area contributed by atoms with E-state index in [-0.39, 0.29) is 18.5 Å². The van der Waals surface area contributed by atoms with Gasteiger partial charge in [0.15, 0.2) is 6.29 Å². The van der Waals surface area contributed by atoms with Crippen molar-refractivity contribution >= 4 is 11.9 Å². The molecule has 0 aliphatic carbocycles. The number of nitrogens with one attached hydrogen (secondary N) is 1. The number of carbonyl (C=O) groups excluding carboxylic acids is 2. The zero-order chi connectivity index (χ0) is 69.4. The maximum Gasteiger partial charge on any atom is 0.305 e. The van der Waals surface area contributed by atoms with Crippen molar-refractivity contribution in [3.8, 4) is 0 Å². The molecule has 1 aliphatic heterocycles. The topological polar surface area (TPSA) is 175 Å². The SMILES string of the molecule is CCCCC/C=C\C/C=C\CCCCCCCCCCCC(=O)OCCCCCCCCCCCCCCCCCCCCCCCCCCCCCCCCCCCCCCCCCC(=O)NC(COC1OC(CO)C(O)C(O)C1O)C(O)/C=C/CCCCCCCCCC. The van der Waals surface area contributed by atoms with Gasteiger partial charge in [-0.2, -0.15) is 0 Å². The summed E-state index contributed by atoms with van der Waals surface area (Å²) in [7, 11) is 0. The summed E-state index contributed by atoms with van der Waals surface area (Å²) in [6.45, 7) is 4.36. The summed E-state index contributed by atoms with van der Waals surface area (Å²) in [5.41, 5.74) is 0. The summed E-state index contributed by atoms with van der Waals surface area (Å²) in [5.74, 6) is -0.159. The van der Waals surface area contributed by atoms with E-state index in [9.17, 15) is 35.1 Å². The van der Waals surface area contributed by atoms with E-state index < -0.39 is 49.5 Å². The minimum absolute atomic E-state index is 0.0153. The molecule has 11 heteroatoms. The van der Waals surface area contributed by atoms with E-state index in [0.29, 0.717) is 19.4 Å². The number of hydrogen-bond donors (Lipinski definition) is 6. The van der Waals surface area contributed by atoms with Crippen molar-refractivity contribution in [1.29, 1.82) is 0 Å². The second-order valence-corrected chi connectivity index (χ2v) is 29.5. The van der Waals surface area contributed by atoms with Gasteiger partial charge in [-0.1, -0.05) is 391 Å². The lowest BCUT2D eigenvalue weighted by Crippen LogP contribution is -2.60. The number of carbonyl (C=O) groups is 2. The molecule has 1 saturated heterocycles. The van der Waals surface area contributed by atoms with Crippen LogP contribution in [0.25, 0.3) is 0 Å². The Morgan fingerprint density at radius 3 is 1.07 bits per heavy atom. The lowest BCUT2D eigenvalue weighted by molar-refractivity contribution is -0.302. The molecule has 0 aromatic heterocycles. The van der Waals surface area contributed by atoms with Gasteiger partial charge in [0.05, 0.1) is 32.0 Å². The van der Waals surface area contributed by atoms with Crippen LogP contribution in [0.5, 0.6) is 0 Å². The third kappa shape index (κ3) is 61.7. The Morgan fingerprint density at radius 1 is 0.385 bits per heavy atom. The highest BCUT2D eigenvalue weighted by Crippen LogP contribution is 2.24. The van der Waals surface area contributed by atoms with E-state index in [2.05, 4.69) is 43.5 Å². The van der Waals surface area contributed by atoms with E-state index in [4.69, 9.17) is 14.2 Å². The number of hydrogen-bond acceptors (Lipinski definition) is 10. The fourth-order valence-electron chi connectivity index (χ4n) is 13.6. The Balaban J connectivity index is 1.82. The zero-order valence-electron chi connectivity index (χ0n) is 63.4. The highest BCUT2D eigenvalue weighted by molar-refractivity contribution is 5.76. The molecule has 0 aromatic carbocycles. The van der Waals surface area contributed by atoms with Crippen molar-refractivity contribution in [3.63, 3.8) is 0 Å². The van der Waals surface area contributed by atoms with Gasteiger partial charge in [-0.05, 0) is 64.2 Å². The van der Waals surface area contributed by atoms with Gasteiger partial charge in [0.1, 0.15) is 24.4 Å². The normalized spacial score (nSPS) is 17.4. The first-order valence-corrected chi connectivity index (χ1v) is 42.3. The molecule has 1 amide bonds. The standard InChI is InChI=1S/C85H161NO10/c1-3-5-7-9-11-13-15-16-17-18-40-44-47-50-53-57-61-65-69-73-81(90)94-74-70-66-62-58-54-51-48-45-42-39-37-35-33-31-29-27-25-23-21-19-20-22-24-26-28-30-32-34-36-38-41-43-46-49-52-56-60-64-68-72-80(89)86-77(76-95-85-84(93)83(92)82(91)79(75-87)96-85)78(88)71-67-63-59-55-14-12-10-8-6-4-2/h11,13,16-17,67,71,77-79,82-85,87-88,91-93H,3-10,12,14-15,18-66,68-70,72-76H2,1-2H3,(H,86,89)/b13-11-,17-16-,71-67+. The van der Waals surface area contributed by atoms with E-state index in [1.807, 2.05) is 6.08 Å². The van der Waals surface area contributed by atoms with Gasteiger partial charge < -0.3 is 45.1 Å². The Labute approximate surface area is 594 Å². The summed E-state index contributed by atoms with van der Waals surface area (Å²) in [6.07, 6.45) is 87.9. The number of rotatable bonds is 76. The molecule has 7 unspecified atom stereocenters. The van der Waals surface area contributed by atoms with Gasteiger partial charge in [-0.15, -0.1) is 0 Å². The van der Waals surface area contributed by atoms with Gasteiger partial charge in [-0.25, -0.2) is 0 Å². The quantitative estimate of drug-likeness (QED) is 0.0195. The predicted octanol–water partition coefficient (Wildman–Crippen LogP) is 23.3. The molecule has 566 valence electrons. The zero-order valence-corrected chi connectivity index (χ0v) is 63.4. The van der Waals surface area contributed by atoms with Crippen LogP contribution >= 0.6 is 0 Å². The molecule has 7 atom stereocenters. The summed E-state index contributed by atoms with van der Waals surface area (Å²) in [6, 6.07) is -0.804. The predicted molar refractivity (Wildman–Crippen MR) is 407 cm³/mol. The average Bonchev–Trinajstić information content (AvgIpc) is 0.836. The van der Waals surface area contributed by atoms with Gasteiger partial charge in [-0.3, -0.25) is 9.59 Å². The molecule has 1 fully saturated rings. The monoisotopic (exact) mass is 1360 g/mol. The first-order chi connectivity index (χ1) is 47.2. The molecule has 96 heavy (non-hydrogen) atoms. The Kier molecular flexibility index (Phi) is 70.9. The molecular formula is C85H161NO10. The van der Waals surface area contributed by atoms with Crippen LogP contribution in [0.1, 0.15) is 431 Å². The number of aliphatic hydroxyl groups excluding tert-OH is 5. The van der Waals surface area contributed by atoms with Crippen LogP contribution in [0.4, 0.5) is 0 Å². The molecule has 0 bridgehead atoms. The number of unbranched alkanes of at least 4 members (excludes halogenated alkanes) is 58. The van der Waals surface area contributed by atoms with Crippen LogP contribution in [0.2, 0.25) is 0 Å². The first kappa shape index (κ1) is 91.9. The van der Waals surface area contributed by atoms with Crippen molar-refractivity contribution in [1.82, 2.24) is 5.32 Å². The molecule has 0 aromatic rings. The minimum atomic E-state index is -1.57.